The van der Waals surface area contributed by atoms with Crippen molar-refractivity contribution in [2.45, 2.75) is 44.4 Å². The predicted molar refractivity (Wildman–Crippen MR) is 92.2 cm³/mol. The Morgan fingerprint density at radius 1 is 1.04 bits per heavy atom. The van der Waals surface area contributed by atoms with Gasteiger partial charge >= 0.3 is 0 Å². The Kier molecular flexibility index (Phi) is 4.19. The Bertz CT molecular complexity index is 636. The lowest BCUT2D eigenvalue weighted by atomic mass is 10.1. The van der Waals surface area contributed by atoms with Gasteiger partial charge in [-0.25, -0.2) is 4.98 Å². The van der Waals surface area contributed by atoms with Crippen molar-refractivity contribution in [3.8, 4) is 0 Å². The van der Waals surface area contributed by atoms with Crippen molar-refractivity contribution in [3.63, 3.8) is 0 Å². The first-order valence-electron chi connectivity index (χ1n) is 8.77. The van der Waals surface area contributed by atoms with E-state index >= 15 is 0 Å². The number of likely N-dealkylation sites (tertiary alicyclic amines) is 1. The summed E-state index contributed by atoms with van der Waals surface area (Å²) in [5.74, 6) is 0. The molecule has 2 aliphatic rings. The number of hydrogen-bond acceptors (Lipinski definition) is 3. The lowest BCUT2D eigenvalue weighted by Gasteiger charge is -2.25. The number of hydrogen-bond donors (Lipinski definition) is 0. The topological polar surface area (TPSA) is 24.3 Å². The smallest absolute Gasteiger partial charge is 0.0951 e. The molecule has 2 fully saturated rings. The van der Waals surface area contributed by atoms with E-state index in [2.05, 4.69) is 56.7 Å². The number of aromatic nitrogens is 2. The Labute approximate surface area is 138 Å². The number of nitrogens with zero attached hydrogens (tertiary/aromatic N) is 4. The molecule has 3 heterocycles. The quantitative estimate of drug-likeness (QED) is 0.867. The van der Waals surface area contributed by atoms with Crippen LogP contribution in [0.25, 0.3) is 0 Å². The number of benzene rings is 1. The highest BCUT2D eigenvalue weighted by Crippen LogP contribution is 2.29. The van der Waals surface area contributed by atoms with Crippen LogP contribution >= 0.6 is 0 Å². The predicted octanol–water partition coefficient (Wildman–Crippen LogP) is 2.60. The molecule has 4 heteroatoms. The second kappa shape index (κ2) is 6.46. The summed E-state index contributed by atoms with van der Waals surface area (Å²) in [7, 11) is 2.31. The molecule has 0 N–H and O–H groups in total. The van der Waals surface area contributed by atoms with E-state index in [-0.39, 0.29) is 0 Å². The molecule has 1 aromatic carbocycles. The van der Waals surface area contributed by atoms with Crippen LogP contribution in [0.2, 0.25) is 0 Å². The van der Waals surface area contributed by atoms with Crippen molar-refractivity contribution in [2.75, 3.05) is 20.1 Å². The average molecular weight is 310 g/mol. The van der Waals surface area contributed by atoms with E-state index in [0.29, 0.717) is 0 Å². The first-order chi connectivity index (χ1) is 11.3. The van der Waals surface area contributed by atoms with Crippen molar-refractivity contribution in [1.82, 2.24) is 19.4 Å². The van der Waals surface area contributed by atoms with Crippen LogP contribution in [0.3, 0.4) is 0 Å². The standard InChI is InChI=1S/C19H26N4/c1-21-17-7-8-18(21)13-22(10-9-17)14-19-11-20-15-23(19)12-16-5-3-2-4-6-16/h2-6,11,15,17-18H,7-10,12-14H2,1H3/t17-,18+/m0/s1. The highest BCUT2D eigenvalue weighted by Gasteiger charge is 2.34. The summed E-state index contributed by atoms with van der Waals surface area (Å²) < 4.78 is 2.29. The van der Waals surface area contributed by atoms with Crippen LogP contribution in [0.5, 0.6) is 0 Å². The van der Waals surface area contributed by atoms with E-state index in [1.54, 1.807) is 0 Å². The van der Waals surface area contributed by atoms with Crippen LogP contribution in [0.1, 0.15) is 30.5 Å². The Morgan fingerprint density at radius 2 is 1.87 bits per heavy atom. The van der Waals surface area contributed by atoms with Crippen molar-refractivity contribution < 1.29 is 0 Å². The maximum Gasteiger partial charge on any atom is 0.0951 e. The molecule has 122 valence electrons. The molecule has 0 radical (unpaired) electrons. The van der Waals surface area contributed by atoms with Gasteiger partial charge in [0, 0.05) is 44.5 Å². The fourth-order valence-electron chi connectivity index (χ4n) is 4.15. The third-order valence-corrected chi connectivity index (χ3v) is 5.61. The van der Waals surface area contributed by atoms with E-state index in [1.165, 1.54) is 43.6 Å². The summed E-state index contributed by atoms with van der Waals surface area (Å²) >= 11 is 0. The summed E-state index contributed by atoms with van der Waals surface area (Å²) in [6.45, 7) is 4.34. The molecule has 0 amide bonds. The fourth-order valence-corrected chi connectivity index (χ4v) is 4.15. The van der Waals surface area contributed by atoms with Crippen LogP contribution in [-0.2, 0) is 13.1 Å². The molecule has 4 rings (SSSR count). The van der Waals surface area contributed by atoms with E-state index in [0.717, 1.165) is 25.2 Å². The van der Waals surface area contributed by atoms with Gasteiger partial charge in [0.25, 0.3) is 0 Å². The molecule has 0 saturated carbocycles. The van der Waals surface area contributed by atoms with Crippen molar-refractivity contribution in [3.05, 3.63) is 54.1 Å². The lowest BCUT2D eigenvalue weighted by molar-refractivity contribution is 0.212. The highest BCUT2D eigenvalue weighted by atomic mass is 15.3. The second-order valence-corrected chi connectivity index (χ2v) is 7.07. The summed E-state index contributed by atoms with van der Waals surface area (Å²) in [5, 5.41) is 0. The number of likely N-dealkylation sites (N-methyl/N-ethyl adjacent to an activating group) is 1. The van der Waals surface area contributed by atoms with E-state index in [9.17, 15) is 0 Å². The Morgan fingerprint density at radius 3 is 2.74 bits per heavy atom. The summed E-state index contributed by atoms with van der Waals surface area (Å²) in [6.07, 6.45) is 8.07. The van der Waals surface area contributed by atoms with Crippen LogP contribution in [-0.4, -0.2) is 51.6 Å². The third-order valence-electron chi connectivity index (χ3n) is 5.61. The summed E-state index contributed by atoms with van der Waals surface area (Å²) in [5.41, 5.74) is 2.66. The van der Waals surface area contributed by atoms with Gasteiger partial charge in [-0.1, -0.05) is 30.3 Å². The molecule has 2 saturated heterocycles. The molecular formula is C19H26N4. The molecule has 1 aromatic heterocycles. The molecule has 23 heavy (non-hydrogen) atoms. The van der Waals surface area contributed by atoms with Gasteiger partial charge in [-0.3, -0.25) is 9.80 Å². The van der Waals surface area contributed by atoms with Crippen molar-refractivity contribution >= 4 is 0 Å². The minimum atomic E-state index is 0.744. The van der Waals surface area contributed by atoms with Gasteiger partial charge in [-0.2, -0.15) is 0 Å². The van der Waals surface area contributed by atoms with Crippen LogP contribution < -0.4 is 0 Å². The molecule has 0 unspecified atom stereocenters. The number of imidazole rings is 1. The molecule has 2 atom stereocenters. The third kappa shape index (κ3) is 3.19. The zero-order chi connectivity index (χ0) is 15.6. The number of fused-ring (bicyclic) bond motifs is 2. The average Bonchev–Trinajstić information content (AvgIpc) is 3.08. The molecule has 0 spiro atoms. The van der Waals surface area contributed by atoms with Crippen LogP contribution in [0.4, 0.5) is 0 Å². The minimum absolute atomic E-state index is 0.744. The summed E-state index contributed by atoms with van der Waals surface area (Å²) in [6, 6.07) is 12.2. The van der Waals surface area contributed by atoms with Gasteiger partial charge in [-0.15, -0.1) is 0 Å². The molecule has 2 aliphatic heterocycles. The first-order valence-corrected chi connectivity index (χ1v) is 8.77. The van der Waals surface area contributed by atoms with Gasteiger partial charge < -0.3 is 4.57 Å². The normalized spacial score (nSPS) is 25.6. The highest BCUT2D eigenvalue weighted by molar-refractivity contribution is 5.16. The molecule has 2 bridgehead atoms. The summed E-state index contributed by atoms with van der Waals surface area (Å²) in [4.78, 5) is 9.63. The van der Waals surface area contributed by atoms with E-state index in [4.69, 9.17) is 0 Å². The molecular weight excluding hydrogens is 284 g/mol. The van der Waals surface area contributed by atoms with Gasteiger partial charge in [0.1, 0.15) is 0 Å². The lowest BCUT2D eigenvalue weighted by Crippen LogP contribution is -2.36. The molecule has 2 aromatic rings. The minimum Gasteiger partial charge on any atom is -0.329 e. The monoisotopic (exact) mass is 310 g/mol. The molecule has 4 nitrogen and oxygen atoms in total. The fraction of sp³-hybridized carbons (Fsp3) is 0.526. The maximum atomic E-state index is 4.40. The van der Waals surface area contributed by atoms with Gasteiger partial charge in [-0.05, 0) is 31.9 Å². The Hall–Kier alpha value is -1.65. The SMILES string of the molecule is CN1[C@H]2CC[C@@H]1CN(Cc1cncn1Cc1ccccc1)CC2. The second-order valence-electron chi connectivity index (χ2n) is 7.07. The first kappa shape index (κ1) is 14.9. The zero-order valence-corrected chi connectivity index (χ0v) is 13.9. The largest absolute Gasteiger partial charge is 0.329 e. The van der Waals surface area contributed by atoms with E-state index in [1.807, 2.05) is 12.5 Å². The zero-order valence-electron chi connectivity index (χ0n) is 13.9. The van der Waals surface area contributed by atoms with E-state index < -0.39 is 0 Å². The van der Waals surface area contributed by atoms with Gasteiger partial charge in [0.15, 0.2) is 0 Å². The number of rotatable bonds is 4. The van der Waals surface area contributed by atoms with Gasteiger partial charge in [0.05, 0.1) is 12.0 Å². The Balaban J connectivity index is 1.44. The van der Waals surface area contributed by atoms with Crippen molar-refractivity contribution in [1.29, 1.82) is 0 Å². The van der Waals surface area contributed by atoms with Crippen molar-refractivity contribution in [2.24, 2.45) is 0 Å². The van der Waals surface area contributed by atoms with Crippen LogP contribution in [0, 0.1) is 0 Å². The maximum absolute atomic E-state index is 4.40. The van der Waals surface area contributed by atoms with Gasteiger partial charge in [0.2, 0.25) is 0 Å². The van der Waals surface area contributed by atoms with Crippen LogP contribution in [0.15, 0.2) is 42.9 Å². The molecule has 0 aliphatic carbocycles.